The SMILES string of the molecule is CCN(CC)CCCn1c(=O)c(=Cc2ccc(F)cc2F)s/c1=C1\C(=O)Nc2ccccc21. The zero-order chi connectivity index (χ0) is 23.5. The Morgan fingerprint density at radius 2 is 1.85 bits per heavy atom. The molecule has 1 aliphatic rings. The molecular weight excluding hydrogens is 444 g/mol. The van der Waals surface area contributed by atoms with Crippen molar-refractivity contribution < 1.29 is 13.6 Å². The highest BCUT2D eigenvalue weighted by atomic mass is 32.1. The molecule has 0 unspecified atom stereocenters. The van der Waals surface area contributed by atoms with Gasteiger partial charge in [-0.15, -0.1) is 11.3 Å². The van der Waals surface area contributed by atoms with E-state index in [4.69, 9.17) is 0 Å². The largest absolute Gasteiger partial charge is 0.321 e. The Balaban J connectivity index is 1.89. The lowest BCUT2D eigenvalue weighted by molar-refractivity contribution is -0.110. The molecule has 4 rings (SSSR count). The predicted octanol–water partition coefficient (Wildman–Crippen LogP) is 2.90. The molecule has 0 aliphatic carbocycles. The fourth-order valence-corrected chi connectivity index (χ4v) is 5.17. The normalized spacial score (nSPS) is 15.3. The van der Waals surface area contributed by atoms with Crippen molar-refractivity contribution in [3.8, 4) is 0 Å². The number of para-hydroxylation sites is 1. The second kappa shape index (κ2) is 9.80. The number of rotatable bonds is 7. The molecule has 8 heteroatoms. The van der Waals surface area contributed by atoms with Crippen LogP contribution in [0.25, 0.3) is 11.6 Å². The maximum atomic E-state index is 14.3. The maximum Gasteiger partial charge on any atom is 0.269 e. The number of carbonyl (C=O) groups excluding carboxylic acids is 1. The Morgan fingerprint density at radius 3 is 2.58 bits per heavy atom. The summed E-state index contributed by atoms with van der Waals surface area (Å²) < 4.78 is 30.0. The number of fused-ring (bicyclic) bond motifs is 1. The van der Waals surface area contributed by atoms with Crippen molar-refractivity contribution in [1.82, 2.24) is 9.47 Å². The van der Waals surface area contributed by atoms with Crippen LogP contribution in [0, 0.1) is 11.6 Å². The molecule has 0 saturated carbocycles. The monoisotopic (exact) mass is 469 g/mol. The molecule has 0 bridgehead atoms. The third-order valence-electron chi connectivity index (χ3n) is 5.79. The molecule has 2 heterocycles. The lowest BCUT2D eigenvalue weighted by atomic mass is 10.1. The molecule has 5 nitrogen and oxygen atoms in total. The molecule has 0 radical (unpaired) electrons. The van der Waals surface area contributed by atoms with Crippen LogP contribution >= 0.6 is 11.3 Å². The minimum absolute atomic E-state index is 0.123. The van der Waals surface area contributed by atoms with E-state index in [0.29, 0.717) is 27.0 Å². The standard InChI is InChI=1S/C25H25F2N3O2S/c1-3-29(4-2)12-7-13-30-24(32)21(14-16-10-11-17(26)15-19(16)27)33-25(30)22-18-8-5-6-9-20(18)28-23(22)31/h5-6,8-11,14-15H,3-4,7,12-13H2,1-2H3,(H,28,31)/b21-14?,25-22-. The first-order valence-corrected chi connectivity index (χ1v) is 11.8. The van der Waals surface area contributed by atoms with Crippen LogP contribution in [-0.4, -0.2) is 35.0 Å². The first-order chi connectivity index (χ1) is 15.9. The summed E-state index contributed by atoms with van der Waals surface area (Å²) in [6.45, 7) is 7.26. The molecule has 2 aromatic carbocycles. The number of nitrogens with one attached hydrogen (secondary N) is 1. The van der Waals surface area contributed by atoms with Gasteiger partial charge in [-0.2, -0.15) is 0 Å². The summed E-state index contributed by atoms with van der Waals surface area (Å²) in [5.41, 5.74) is 1.71. The number of hydrogen-bond donors (Lipinski definition) is 1. The van der Waals surface area contributed by atoms with Crippen LogP contribution in [0.15, 0.2) is 47.3 Å². The highest BCUT2D eigenvalue weighted by Gasteiger charge is 2.26. The lowest BCUT2D eigenvalue weighted by Gasteiger charge is -2.17. The third-order valence-corrected chi connectivity index (χ3v) is 6.92. The van der Waals surface area contributed by atoms with Gasteiger partial charge in [-0.05, 0) is 50.3 Å². The zero-order valence-corrected chi connectivity index (χ0v) is 19.3. The van der Waals surface area contributed by atoms with Crippen molar-refractivity contribution in [2.24, 2.45) is 0 Å². The van der Waals surface area contributed by atoms with Crippen molar-refractivity contribution in [1.29, 1.82) is 0 Å². The van der Waals surface area contributed by atoms with Crippen LogP contribution in [0.4, 0.5) is 14.5 Å². The summed E-state index contributed by atoms with van der Waals surface area (Å²) in [6, 6.07) is 10.6. The van der Waals surface area contributed by atoms with E-state index in [2.05, 4.69) is 24.1 Å². The van der Waals surface area contributed by atoms with Crippen LogP contribution in [-0.2, 0) is 11.3 Å². The first-order valence-electron chi connectivity index (χ1n) is 11.0. The van der Waals surface area contributed by atoms with Gasteiger partial charge in [0.2, 0.25) is 0 Å². The zero-order valence-electron chi connectivity index (χ0n) is 18.5. The van der Waals surface area contributed by atoms with E-state index in [1.807, 2.05) is 24.3 Å². The predicted molar refractivity (Wildman–Crippen MR) is 128 cm³/mol. The summed E-state index contributed by atoms with van der Waals surface area (Å²) >= 11 is 1.15. The fourth-order valence-electron chi connectivity index (χ4n) is 3.99. The first kappa shape index (κ1) is 23.1. The average molecular weight is 470 g/mol. The van der Waals surface area contributed by atoms with Crippen molar-refractivity contribution in [2.75, 3.05) is 25.0 Å². The molecule has 0 fully saturated rings. The Hall–Kier alpha value is -3.10. The second-order valence-electron chi connectivity index (χ2n) is 7.79. The van der Waals surface area contributed by atoms with Gasteiger partial charge in [0.15, 0.2) is 0 Å². The van der Waals surface area contributed by atoms with Gasteiger partial charge in [-0.1, -0.05) is 32.0 Å². The van der Waals surface area contributed by atoms with Gasteiger partial charge in [-0.25, -0.2) is 8.78 Å². The molecule has 3 aromatic rings. The topological polar surface area (TPSA) is 54.3 Å². The number of nitrogens with zero attached hydrogens (tertiary/aromatic N) is 2. The molecule has 1 amide bonds. The second-order valence-corrected chi connectivity index (χ2v) is 8.82. The maximum absolute atomic E-state index is 14.3. The van der Waals surface area contributed by atoms with Crippen molar-refractivity contribution in [3.05, 3.63) is 84.8 Å². The summed E-state index contributed by atoms with van der Waals surface area (Å²) in [5, 5.41) is 2.85. The number of aromatic nitrogens is 1. The average Bonchev–Trinajstić information content (AvgIpc) is 3.28. The van der Waals surface area contributed by atoms with Gasteiger partial charge in [0.1, 0.15) is 16.3 Å². The minimum atomic E-state index is -0.742. The highest BCUT2D eigenvalue weighted by molar-refractivity contribution is 7.07. The van der Waals surface area contributed by atoms with Gasteiger partial charge < -0.3 is 10.2 Å². The van der Waals surface area contributed by atoms with E-state index in [9.17, 15) is 18.4 Å². The summed E-state index contributed by atoms with van der Waals surface area (Å²) in [7, 11) is 0. The number of hydrogen-bond acceptors (Lipinski definition) is 4. The van der Waals surface area contributed by atoms with E-state index in [1.54, 1.807) is 4.57 Å². The van der Waals surface area contributed by atoms with Gasteiger partial charge >= 0.3 is 0 Å². The van der Waals surface area contributed by atoms with Gasteiger partial charge in [0.25, 0.3) is 11.5 Å². The van der Waals surface area contributed by atoms with Crippen molar-refractivity contribution >= 4 is 34.6 Å². The van der Waals surface area contributed by atoms with Crippen LogP contribution in [0.1, 0.15) is 31.4 Å². The smallest absolute Gasteiger partial charge is 0.269 e. The number of amides is 1. The van der Waals surface area contributed by atoms with Gasteiger partial charge in [0.05, 0.1) is 10.1 Å². The quantitative estimate of drug-likeness (QED) is 0.579. The van der Waals surface area contributed by atoms with E-state index in [-0.39, 0.29) is 17.0 Å². The fraction of sp³-hybridized carbons (Fsp3) is 0.280. The summed E-state index contributed by atoms with van der Waals surface area (Å²) in [5.74, 6) is -1.69. The molecule has 0 saturated heterocycles. The van der Waals surface area contributed by atoms with Crippen molar-refractivity contribution in [2.45, 2.75) is 26.8 Å². The van der Waals surface area contributed by atoms with Crippen LogP contribution in [0.5, 0.6) is 0 Å². The number of carbonyl (C=O) groups is 1. The Bertz CT molecular complexity index is 1370. The van der Waals surface area contributed by atoms with Gasteiger partial charge in [0, 0.05) is 29.4 Å². The molecule has 33 heavy (non-hydrogen) atoms. The third kappa shape index (κ3) is 4.67. The van der Waals surface area contributed by atoms with Crippen molar-refractivity contribution in [3.63, 3.8) is 0 Å². The van der Waals surface area contributed by atoms with Gasteiger partial charge in [-0.3, -0.25) is 14.2 Å². The Kier molecular flexibility index (Phi) is 6.85. The molecule has 172 valence electrons. The minimum Gasteiger partial charge on any atom is -0.321 e. The molecule has 1 N–H and O–H groups in total. The molecular formula is C25H25F2N3O2S. The van der Waals surface area contributed by atoms with E-state index in [0.717, 1.165) is 55.1 Å². The molecule has 1 aromatic heterocycles. The Labute approximate surface area is 194 Å². The summed E-state index contributed by atoms with van der Waals surface area (Å²) in [6.07, 6.45) is 2.15. The molecule has 0 atom stereocenters. The van der Waals surface area contributed by atoms with Crippen LogP contribution < -0.4 is 20.1 Å². The lowest BCUT2D eigenvalue weighted by Crippen LogP contribution is -2.34. The highest BCUT2D eigenvalue weighted by Crippen LogP contribution is 2.29. The molecule has 0 spiro atoms. The van der Waals surface area contributed by atoms with E-state index < -0.39 is 11.6 Å². The number of halogens is 2. The molecule has 1 aliphatic heterocycles. The van der Waals surface area contributed by atoms with E-state index >= 15 is 0 Å². The number of anilines is 1. The van der Waals surface area contributed by atoms with E-state index in [1.165, 1.54) is 12.1 Å². The number of thiazole rings is 1. The van der Waals surface area contributed by atoms with Crippen LogP contribution in [0.3, 0.4) is 0 Å². The number of benzene rings is 2. The summed E-state index contributed by atoms with van der Waals surface area (Å²) in [4.78, 5) is 28.5. The Morgan fingerprint density at radius 1 is 1.09 bits per heavy atom. The van der Waals surface area contributed by atoms with Crippen LogP contribution in [0.2, 0.25) is 0 Å².